The van der Waals surface area contributed by atoms with E-state index in [1.165, 1.54) is 44.9 Å². The summed E-state index contributed by atoms with van der Waals surface area (Å²) in [5, 5.41) is 11.8. The van der Waals surface area contributed by atoms with Crippen LogP contribution in [0.5, 0.6) is 0 Å². The zero-order chi connectivity index (χ0) is 20.3. The summed E-state index contributed by atoms with van der Waals surface area (Å²) in [6, 6.07) is 1.99. The largest absolute Gasteiger partial charge is 0.472 e. The van der Waals surface area contributed by atoms with Crippen molar-refractivity contribution in [2.75, 3.05) is 6.54 Å². The van der Waals surface area contributed by atoms with Crippen LogP contribution < -0.4 is 5.73 Å². The molecule has 0 amide bonds. The van der Waals surface area contributed by atoms with E-state index in [1.807, 2.05) is 6.07 Å². The molecule has 5 rings (SSSR count). The molecule has 0 saturated heterocycles. The van der Waals surface area contributed by atoms with Crippen LogP contribution in [0.15, 0.2) is 34.7 Å². The van der Waals surface area contributed by atoms with E-state index in [0.717, 1.165) is 49.1 Å². The number of furan rings is 1. The standard InChI is InChI=1S/C26H39NO2/c1-24-16-18(4-3-14-27)5-6-19(24)7-8-21-22(24)9-12-25(2)23(21)10-13-26(25,28)20-11-15-29-17-20/h7,11,15,17-18,21-23,28H,3-6,8-10,12-14,16,27H2,1-2H3/t18?,21-,22-,23+,24+,25+,26?/m1/s1. The zero-order valence-electron chi connectivity index (χ0n) is 18.3. The Morgan fingerprint density at radius 2 is 2.00 bits per heavy atom. The molecule has 3 nitrogen and oxygen atoms in total. The van der Waals surface area contributed by atoms with E-state index in [9.17, 15) is 5.11 Å². The minimum absolute atomic E-state index is 0.0344. The summed E-state index contributed by atoms with van der Waals surface area (Å²) in [5.41, 5.74) is 8.18. The van der Waals surface area contributed by atoms with Gasteiger partial charge in [-0.15, -0.1) is 0 Å². The Labute approximate surface area is 176 Å². The van der Waals surface area contributed by atoms with Crippen LogP contribution >= 0.6 is 0 Å². The summed E-state index contributed by atoms with van der Waals surface area (Å²) in [4.78, 5) is 0. The molecule has 0 bridgehead atoms. The van der Waals surface area contributed by atoms with Crippen LogP contribution in [0.1, 0.15) is 83.6 Å². The lowest BCUT2D eigenvalue weighted by atomic mass is 9.46. The molecule has 160 valence electrons. The predicted octanol–water partition coefficient (Wildman–Crippen LogP) is 5.79. The molecule has 7 atom stereocenters. The molecule has 3 saturated carbocycles. The van der Waals surface area contributed by atoms with Crippen LogP contribution in [0.3, 0.4) is 0 Å². The fraction of sp³-hybridized carbons (Fsp3) is 0.769. The first-order valence-electron chi connectivity index (χ1n) is 12.1. The van der Waals surface area contributed by atoms with E-state index in [-0.39, 0.29) is 5.41 Å². The summed E-state index contributed by atoms with van der Waals surface area (Å²) in [6.45, 7) is 5.79. The van der Waals surface area contributed by atoms with Gasteiger partial charge >= 0.3 is 0 Å². The Morgan fingerprint density at radius 3 is 2.76 bits per heavy atom. The maximum atomic E-state index is 11.8. The zero-order valence-corrected chi connectivity index (χ0v) is 18.3. The highest BCUT2D eigenvalue weighted by molar-refractivity contribution is 5.29. The summed E-state index contributed by atoms with van der Waals surface area (Å²) in [6.07, 6.45) is 18.3. The van der Waals surface area contributed by atoms with Crippen molar-refractivity contribution in [3.8, 4) is 0 Å². The molecule has 3 N–H and O–H groups in total. The number of aliphatic hydroxyl groups is 1. The molecule has 0 aromatic carbocycles. The van der Waals surface area contributed by atoms with Crippen molar-refractivity contribution in [1.29, 1.82) is 0 Å². The average Bonchev–Trinajstić information content (AvgIpc) is 3.33. The fourth-order valence-corrected chi connectivity index (χ4v) is 8.53. The lowest BCUT2D eigenvalue weighted by Gasteiger charge is -2.59. The lowest BCUT2D eigenvalue weighted by Crippen LogP contribution is -2.53. The van der Waals surface area contributed by atoms with Crippen LogP contribution in [-0.4, -0.2) is 11.7 Å². The predicted molar refractivity (Wildman–Crippen MR) is 116 cm³/mol. The van der Waals surface area contributed by atoms with E-state index in [1.54, 1.807) is 18.1 Å². The third-order valence-corrected chi connectivity index (χ3v) is 10.1. The molecule has 1 heterocycles. The first-order valence-corrected chi connectivity index (χ1v) is 12.1. The van der Waals surface area contributed by atoms with Crippen LogP contribution in [0.4, 0.5) is 0 Å². The van der Waals surface area contributed by atoms with Gasteiger partial charge in [-0.1, -0.05) is 25.5 Å². The topological polar surface area (TPSA) is 59.4 Å². The van der Waals surface area contributed by atoms with Crippen molar-refractivity contribution in [3.63, 3.8) is 0 Å². The minimum atomic E-state index is -0.725. The molecular formula is C26H39NO2. The second-order valence-electron chi connectivity index (χ2n) is 11.2. The minimum Gasteiger partial charge on any atom is -0.472 e. The number of nitrogens with two attached hydrogens (primary N) is 1. The Kier molecular flexibility index (Phi) is 4.79. The molecular weight excluding hydrogens is 358 g/mol. The maximum Gasteiger partial charge on any atom is 0.0983 e. The molecule has 29 heavy (non-hydrogen) atoms. The van der Waals surface area contributed by atoms with Crippen molar-refractivity contribution >= 4 is 0 Å². The van der Waals surface area contributed by atoms with Crippen LogP contribution in [0.2, 0.25) is 0 Å². The molecule has 1 aromatic heterocycles. The van der Waals surface area contributed by atoms with Crippen LogP contribution in [-0.2, 0) is 5.60 Å². The Hall–Kier alpha value is -1.06. The first kappa shape index (κ1) is 19.9. The van der Waals surface area contributed by atoms with Gasteiger partial charge in [-0.3, -0.25) is 0 Å². The number of hydrogen-bond acceptors (Lipinski definition) is 3. The fourth-order valence-electron chi connectivity index (χ4n) is 8.53. The molecule has 1 aromatic rings. The number of allylic oxidation sites excluding steroid dienone is 2. The maximum absolute atomic E-state index is 11.8. The highest BCUT2D eigenvalue weighted by Gasteiger charge is 2.64. The van der Waals surface area contributed by atoms with E-state index < -0.39 is 5.60 Å². The van der Waals surface area contributed by atoms with E-state index in [0.29, 0.717) is 11.3 Å². The van der Waals surface area contributed by atoms with Crippen molar-refractivity contribution in [3.05, 3.63) is 35.8 Å². The van der Waals surface area contributed by atoms with Crippen molar-refractivity contribution in [1.82, 2.24) is 0 Å². The van der Waals surface area contributed by atoms with Crippen molar-refractivity contribution in [2.24, 2.45) is 40.2 Å². The molecule has 2 unspecified atom stereocenters. The second kappa shape index (κ2) is 6.99. The number of fused-ring (bicyclic) bond motifs is 5. The molecule has 0 radical (unpaired) electrons. The molecule has 3 fully saturated rings. The lowest BCUT2D eigenvalue weighted by molar-refractivity contribution is -0.129. The average molecular weight is 398 g/mol. The monoisotopic (exact) mass is 397 g/mol. The van der Waals surface area contributed by atoms with Gasteiger partial charge in [-0.05, 0) is 106 Å². The van der Waals surface area contributed by atoms with Crippen molar-refractivity contribution in [2.45, 2.75) is 83.7 Å². The smallest absolute Gasteiger partial charge is 0.0983 e. The van der Waals surface area contributed by atoms with Gasteiger partial charge in [-0.25, -0.2) is 0 Å². The van der Waals surface area contributed by atoms with Gasteiger partial charge in [-0.2, -0.15) is 0 Å². The molecule has 0 aliphatic heterocycles. The van der Waals surface area contributed by atoms with E-state index in [4.69, 9.17) is 10.2 Å². The van der Waals surface area contributed by atoms with E-state index in [2.05, 4.69) is 19.9 Å². The molecule has 3 heteroatoms. The second-order valence-corrected chi connectivity index (χ2v) is 11.2. The van der Waals surface area contributed by atoms with Gasteiger partial charge < -0.3 is 15.3 Å². The third kappa shape index (κ3) is 2.76. The summed E-state index contributed by atoms with van der Waals surface area (Å²) < 4.78 is 5.38. The first-order chi connectivity index (χ1) is 13.9. The van der Waals surface area contributed by atoms with Gasteiger partial charge in [0.2, 0.25) is 0 Å². The third-order valence-electron chi connectivity index (χ3n) is 10.1. The number of rotatable bonds is 4. The Bertz CT molecular complexity index is 770. The van der Waals surface area contributed by atoms with Gasteiger partial charge in [0.05, 0.1) is 18.1 Å². The summed E-state index contributed by atoms with van der Waals surface area (Å²) in [7, 11) is 0. The molecule has 4 aliphatic carbocycles. The Morgan fingerprint density at radius 1 is 1.17 bits per heavy atom. The SMILES string of the molecule is C[C@]12CC(CCCN)CCC1=CC[C@@H]1[C@H]2CC[C@@]2(C)[C@H]1CCC2(O)c1ccoc1. The highest BCUT2D eigenvalue weighted by atomic mass is 16.3. The highest BCUT2D eigenvalue weighted by Crippen LogP contribution is 2.69. The quantitative estimate of drug-likeness (QED) is 0.633. The molecule has 0 spiro atoms. The summed E-state index contributed by atoms with van der Waals surface area (Å²) >= 11 is 0. The van der Waals surface area contributed by atoms with Crippen LogP contribution in [0.25, 0.3) is 0 Å². The number of hydrogen-bond donors (Lipinski definition) is 2. The van der Waals surface area contributed by atoms with Gasteiger partial charge in [0.1, 0.15) is 0 Å². The van der Waals surface area contributed by atoms with Gasteiger partial charge in [0.25, 0.3) is 0 Å². The molecule has 4 aliphatic rings. The van der Waals surface area contributed by atoms with E-state index >= 15 is 0 Å². The summed E-state index contributed by atoms with van der Waals surface area (Å²) in [5.74, 6) is 2.96. The normalized spacial score (nSPS) is 46.6. The Balaban J connectivity index is 1.43. The van der Waals surface area contributed by atoms with Gasteiger partial charge in [0.15, 0.2) is 0 Å². The van der Waals surface area contributed by atoms with Crippen LogP contribution in [0, 0.1) is 34.5 Å². The van der Waals surface area contributed by atoms with Gasteiger partial charge in [0, 0.05) is 11.0 Å². The van der Waals surface area contributed by atoms with Crippen molar-refractivity contribution < 1.29 is 9.52 Å².